The Bertz CT molecular complexity index is 1040. The Morgan fingerprint density at radius 2 is 1.77 bits per heavy atom. The monoisotopic (exact) mass is 485 g/mol. The predicted octanol–water partition coefficient (Wildman–Crippen LogP) is 7.00. The van der Waals surface area contributed by atoms with Crippen LogP contribution in [0.4, 0.5) is 8.78 Å². The van der Waals surface area contributed by atoms with Gasteiger partial charge in [0.15, 0.2) is 0 Å². The third kappa shape index (κ3) is 5.32. The maximum Gasteiger partial charge on any atom is 0.306 e. The number of hydrogen-bond donors (Lipinski definition) is 1. The first-order chi connectivity index (χ1) is 16.9. The topological polar surface area (TPSA) is 49.8 Å². The summed E-state index contributed by atoms with van der Waals surface area (Å²) in [5.74, 6) is 0.179. The van der Waals surface area contributed by atoms with Gasteiger partial charge in [-0.1, -0.05) is 31.2 Å². The van der Waals surface area contributed by atoms with E-state index in [9.17, 15) is 18.7 Å². The van der Waals surface area contributed by atoms with E-state index in [2.05, 4.69) is 11.8 Å². The van der Waals surface area contributed by atoms with Gasteiger partial charge in [0, 0.05) is 12.1 Å². The Hall–Kier alpha value is -2.21. The molecule has 1 N–H and O–H groups in total. The molecule has 4 nitrogen and oxygen atoms in total. The van der Waals surface area contributed by atoms with Crippen molar-refractivity contribution in [3.05, 3.63) is 41.5 Å². The molecular formula is C29H37F2NO3. The lowest BCUT2D eigenvalue weighted by atomic mass is 9.89. The van der Waals surface area contributed by atoms with Crippen LogP contribution in [-0.4, -0.2) is 40.7 Å². The second-order valence-corrected chi connectivity index (χ2v) is 11.1. The number of piperidine rings is 1. The number of ether oxygens (including phenoxy) is 1. The van der Waals surface area contributed by atoms with Crippen LogP contribution in [0.5, 0.6) is 5.75 Å². The van der Waals surface area contributed by atoms with Gasteiger partial charge < -0.3 is 9.84 Å². The van der Waals surface area contributed by atoms with Crippen LogP contribution < -0.4 is 4.74 Å². The van der Waals surface area contributed by atoms with Crippen molar-refractivity contribution in [2.75, 3.05) is 6.54 Å². The highest BCUT2D eigenvalue weighted by Crippen LogP contribution is 2.40. The number of fused-ring (bicyclic) bond motifs is 3. The molecule has 0 spiro atoms. The number of carboxylic acid groups (broad SMARTS) is 1. The van der Waals surface area contributed by atoms with Gasteiger partial charge in [0.25, 0.3) is 6.43 Å². The fourth-order valence-corrected chi connectivity index (χ4v) is 6.70. The molecule has 0 amide bonds. The standard InChI is InChI=1S/C29H37F2NO3/c1-18-4-10-24(11-5-18)35-26-13-7-20-15-19(6-12-25(20)27(26)28(30)31)3-2-14-32-22-8-9-23(32)17-21(16-22)29(33)34/h6-7,12-13,15,18,21-24,28H,2-5,8-11,14,16-17H2,1H3,(H,33,34)/t18-,21?,22?,23?,24+. The van der Waals surface area contributed by atoms with E-state index >= 15 is 0 Å². The number of hydrogen-bond acceptors (Lipinski definition) is 3. The van der Waals surface area contributed by atoms with Crippen molar-refractivity contribution in [2.24, 2.45) is 11.8 Å². The molecule has 2 bridgehead atoms. The second-order valence-electron chi connectivity index (χ2n) is 11.1. The van der Waals surface area contributed by atoms with E-state index in [4.69, 9.17) is 4.74 Å². The van der Waals surface area contributed by atoms with Crippen LogP contribution in [0.3, 0.4) is 0 Å². The first-order valence-electron chi connectivity index (χ1n) is 13.4. The van der Waals surface area contributed by atoms with Crippen molar-refractivity contribution in [1.29, 1.82) is 0 Å². The third-order valence-corrected chi connectivity index (χ3v) is 8.68. The number of nitrogens with zero attached hydrogens (tertiary/aromatic N) is 1. The number of aliphatic carboxylic acids is 1. The zero-order chi connectivity index (χ0) is 24.5. The molecule has 0 aromatic heterocycles. The molecule has 0 radical (unpaired) electrons. The van der Waals surface area contributed by atoms with E-state index in [1.54, 1.807) is 6.07 Å². The van der Waals surface area contributed by atoms with E-state index in [0.717, 1.165) is 81.7 Å². The molecule has 5 rings (SSSR count). The summed E-state index contributed by atoms with van der Waals surface area (Å²) >= 11 is 0. The molecule has 190 valence electrons. The van der Waals surface area contributed by atoms with Gasteiger partial charge in [0.2, 0.25) is 0 Å². The van der Waals surface area contributed by atoms with E-state index in [1.165, 1.54) is 0 Å². The molecule has 2 heterocycles. The van der Waals surface area contributed by atoms with E-state index in [0.29, 0.717) is 29.1 Å². The lowest BCUT2D eigenvalue weighted by Crippen LogP contribution is -2.45. The van der Waals surface area contributed by atoms with Crippen LogP contribution in [0.2, 0.25) is 0 Å². The number of benzene rings is 2. The molecule has 2 aromatic carbocycles. The Morgan fingerprint density at radius 1 is 1.06 bits per heavy atom. The molecule has 2 unspecified atom stereocenters. The molecular weight excluding hydrogens is 448 g/mol. The number of aryl methyl sites for hydroxylation is 1. The highest BCUT2D eigenvalue weighted by Gasteiger charge is 2.42. The van der Waals surface area contributed by atoms with Crippen molar-refractivity contribution in [3.63, 3.8) is 0 Å². The summed E-state index contributed by atoms with van der Waals surface area (Å²) in [6.45, 7) is 3.20. The van der Waals surface area contributed by atoms with Crippen LogP contribution in [0, 0.1) is 11.8 Å². The lowest BCUT2D eigenvalue weighted by Gasteiger charge is -2.37. The fourth-order valence-electron chi connectivity index (χ4n) is 6.70. The molecule has 3 fully saturated rings. The van der Waals surface area contributed by atoms with Gasteiger partial charge in [-0.2, -0.15) is 0 Å². The molecule has 1 saturated carbocycles. The molecule has 1 aliphatic carbocycles. The molecule has 2 aromatic rings. The summed E-state index contributed by atoms with van der Waals surface area (Å²) in [4.78, 5) is 13.9. The van der Waals surface area contributed by atoms with Crippen molar-refractivity contribution < 1.29 is 23.4 Å². The SMILES string of the molecule is C[C@H]1CC[C@@H](Oc2ccc3cc(CCCN4C5CCC4CC(C(=O)O)C5)ccc3c2C(F)F)CC1. The van der Waals surface area contributed by atoms with Gasteiger partial charge >= 0.3 is 5.97 Å². The largest absolute Gasteiger partial charge is 0.490 e. The zero-order valence-electron chi connectivity index (χ0n) is 20.6. The van der Waals surface area contributed by atoms with Crippen LogP contribution in [0.15, 0.2) is 30.3 Å². The normalized spacial score (nSPS) is 29.1. The van der Waals surface area contributed by atoms with Crippen LogP contribution in [-0.2, 0) is 11.2 Å². The molecule has 35 heavy (non-hydrogen) atoms. The van der Waals surface area contributed by atoms with Crippen LogP contribution >= 0.6 is 0 Å². The first-order valence-corrected chi connectivity index (χ1v) is 13.4. The minimum absolute atomic E-state index is 0.0190. The minimum Gasteiger partial charge on any atom is -0.490 e. The summed E-state index contributed by atoms with van der Waals surface area (Å²) in [6.07, 6.45) is 7.09. The van der Waals surface area contributed by atoms with Crippen molar-refractivity contribution in [2.45, 2.75) is 95.7 Å². The van der Waals surface area contributed by atoms with Gasteiger partial charge in [-0.15, -0.1) is 0 Å². The van der Waals surface area contributed by atoms with Crippen LogP contribution in [0.1, 0.15) is 82.3 Å². The number of halogens is 2. The van der Waals surface area contributed by atoms with Crippen molar-refractivity contribution >= 4 is 16.7 Å². The van der Waals surface area contributed by atoms with E-state index < -0.39 is 12.4 Å². The van der Waals surface area contributed by atoms with E-state index in [1.807, 2.05) is 24.3 Å². The quantitative estimate of drug-likeness (QED) is 0.438. The summed E-state index contributed by atoms with van der Waals surface area (Å²) in [5.41, 5.74) is 1.17. The molecule has 3 aliphatic rings. The maximum absolute atomic E-state index is 14.1. The van der Waals surface area contributed by atoms with Gasteiger partial charge in [-0.05, 0) is 99.1 Å². The predicted molar refractivity (Wildman–Crippen MR) is 133 cm³/mol. The number of alkyl halides is 2. The summed E-state index contributed by atoms with van der Waals surface area (Å²) in [5, 5.41) is 10.8. The molecule has 6 heteroatoms. The Morgan fingerprint density at radius 3 is 2.43 bits per heavy atom. The Labute approximate surface area is 206 Å². The zero-order valence-corrected chi connectivity index (χ0v) is 20.6. The summed E-state index contributed by atoms with van der Waals surface area (Å²) in [7, 11) is 0. The average molecular weight is 486 g/mol. The maximum atomic E-state index is 14.1. The van der Waals surface area contributed by atoms with Gasteiger partial charge in [-0.25, -0.2) is 8.78 Å². The Balaban J connectivity index is 1.24. The van der Waals surface area contributed by atoms with Crippen LogP contribution in [0.25, 0.3) is 10.8 Å². The number of carboxylic acids is 1. The third-order valence-electron chi connectivity index (χ3n) is 8.68. The highest BCUT2D eigenvalue weighted by atomic mass is 19.3. The number of rotatable bonds is 8. The fraction of sp³-hybridized carbons (Fsp3) is 0.621. The van der Waals surface area contributed by atoms with Gasteiger partial charge in [0.05, 0.1) is 17.6 Å². The smallest absolute Gasteiger partial charge is 0.306 e. The molecule has 2 atom stereocenters. The van der Waals surface area contributed by atoms with Crippen molar-refractivity contribution in [3.8, 4) is 5.75 Å². The summed E-state index contributed by atoms with van der Waals surface area (Å²) < 4.78 is 34.3. The molecule has 2 aliphatic heterocycles. The highest BCUT2D eigenvalue weighted by molar-refractivity contribution is 5.88. The number of carbonyl (C=O) groups is 1. The van der Waals surface area contributed by atoms with Gasteiger partial charge in [-0.3, -0.25) is 9.69 Å². The average Bonchev–Trinajstić information content (AvgIpc) is 3.06. The minimum atomic E-state index is -2.58. The lowest BCUT2D eigenvalue weighted by molar-refractivity contribution is -0.144. The second kappa shape index (κ2) is 10.4. The Kier molecular flexibility index (Phi) is 7.29. The summed E-state index contributed by atoms with van der Waals surface area (Å²) in [6, 6.07) is 10.3. The van der Waals surface area contributed by atoms with E-state index in [-0.39, 0.29) is 17.6 Å². The molecule has 2 saturated heterocycles. The first kappa shape index (κ1) is 24.5. The van der Waals surface area contributed by atoms with Gasteiger partial charge in [0.1, 0.15) is 5.75 Å². The van der Waals surface area contributed by atoms with Crippen molar-refractivity contribution in [1.82, 2.24) is 4.90 Å².